The van der Waals surface area contributed by atoms with Crippen molar-refractivity contribution in [3.8, 4) is 0 Å². The first-order chi connectivity index (χ1) is 10.9. The van der Waals surface area contributed by atoms with Gasteiger partial charge in [-0.05, 0) is 29.6 Å². The Bertz CT molecular complexity index is 880. The average Bonchev–Trinajstić information content (AvgIpc) is 2.41. The molecule has 0 fully saturated rings. The van der Waals surface area contributed by atoms with E-state index in [-0.39, 0.29) is 6.54 Å². The molecule has 0 saturated heterocycles. The molecule has 6 N–H and O–H groups in total. The molecule has 1 aromatic carbocycles. The van der Waals surface area contributed by atoms with E-state index in [1.807, 2.05) is 0 Å². The first-order valence-corrected chi connectivity index (χ1v) is 10.4. The molecule has 11 nitrogen and oxygen atoms in total. The van der Waals surface area contributed by atoms with Crippen LogP contribution in [0.1, 0.15) is 13.3 Å². The van der Waals surface area contributed by atoms with E-state index >= 15 is 0 Å². The number of carbonyl (C=O) groups is 1. The van der Waals surface area contributed by atoms with Gasteiger partial charge < -0.3 is 15.2 Å². The highest BCUT2D eigenvalue weighted by molar-refractivity contribution is 7.91. The number of hydrogen-bond donors (Lipinski definition) is 4. The van der Waals surface area contributed by atoms with Crippen LogP contribution in [-0.4, -0.2) is 38.2 Å². The molecule has 1 atom stereocenters. The molecular weight excluding hydrogens is 384 g/mol. The van der Waals surface area contributed by atoms with Crippen LogP contribution in [0.3, 0.4) is 0 Å². The minimum absolute atomic E-state index is 0.270. The molecule has 136 valence electrons. The number of primary sulfonamides is 2. The Labute approximate surface area is 141 Å². The van der Waals surface area contributed by atoms with Crippen molar-refractivity contribution in [2.75, 3.05) is 11.9 Å². The zero-order valence-electron chi connectivity index (χ0n) is 12.3. The van der Waals surface area contributed by atoms with Gasteiger partial charge in [0.25, 0.3) is 0 Å². The zero-order valence-corrected chi connectivity index (χ0v) is 14.8. The summed E-state index contributed by atoms with van der Waals surface area (Å²) in [4.78, 5) is 8.48. The van der Waals surface area contributed by atoms with Crippen LogP contribution in [0.5, 0.6) is 0 Å². The molecule has 0 aliphatic carbocycles. The van der Waals surface area contributed by atoms with Crippen molar-refractivity contribution in [1.29, 1.82) is 0 Å². The Morgan fingerprint density at radius 3 is 2.21 bits per heavy atom. The van der Waals surface area contributed by atoms with E-state index in [9.17, 15) is 30.4 Å². The highest BCUT2D eigenvalue weighted by Crippen LogP contribution is 2.31. The van der Waals surface area contributed by atoms with Crippen molar-refractivity contribution in [2.45, 2.75) is 28.0 Å². The highest BCUT2D eigenvalue weighted by Gasteiger charge is 2.27. The van der Waals surface area contributed by atoms with Crippen LogP contribution >= 0.6 is 0 Å². The van der Waals surface area contributed by atoms with Gasteiger partial charge in [-0.2, -0.15) is 0 Å². The summed E-state index contributed by atoms with van der Waals surface area (Å²) in [6.07, 6.45) is 0.593. The quantitative estimate of drug-likeness (QED) is 0.428. The maximum Gasteiger partial charge on any atom is 0.319 e. The molecule has 0 aromatic heterocycles. The first kappa shape index (κ1) is 20.5. The summed E-state index contributed by atoms with van der Waals surface area (Å²) in [5.74, 6) is 0. The Morgan fingerprint density at radius 1 is 1.21 bits per heavy atom. The summed E-state index contributed by atoms with van der Waals surface area (Å²) >= 11 is -3.32. The minimum atomic E-state index is -4.71. The van der Waals surface area contributed by atoms with Gasteiger partial charge in [-0.3, -0.25) is 4.21 Å². The van der Waals surface area contributed by atoms with Crippen molar-refractivity contribution in [3.05, 3.63) is 12.1 Å². The summed E-state index contributed by atoms with van der Waals surface area (Å²) < 4.78 is 69.2. The summed E-state index contributed by atoms with van der Waals surface area (Å²) in [6, 6.07) is 0.805. The van der Waals surface area contributed by atoms with Crippen molar-refractivity contribution >= 4 is 42.8 Å². The van der Waals surface area contributed by atoms with Gasteiger partial charge in [0, 0.05) is 6.54 Å². The Kier molecular flexibility index (Phi) is 6.43. The average molecular weight is 399 g/mol. The van der Waals surface area contributed by atoms with Gasteiger partial charge in [-0.15, -0.1) is 0 Å². The third-order valence-corrected chi connectivity index (χ3v) is 5.58. The van der Waals surface area contributed by atoms with Gasteiger partial charge in [-0.1, -0.05) is 6.92 Å². The van der Waals surface area contributed by atoms with Gasteiger partial charge in [0.15, 0.2) is 0 Å². The van der Waals surface area contributed by atoms with Crippen LogP contribution in [0.4, 0.5) is 10.5 Å². The van der Waals surface area contributed by atoms with Crippen LogP contribution in [-0.2, 0) is 31.1 Å². The lowest BCUT2D eigenvalue weighted by atomic mass is 10.3. The normalized spacial score (nSPS) is 13.3. The smallest absolute Gasteiger partial charge is 0.319 e. The van der Waals surface area contributed by atoms with Gasteiger partial charge in [0.1, 0.15) is 4.90 Å². The zero-order chi connectivity index (χ0) is 18.7. The topological polar surface area (TPSA) is 202 Å². The van der Waals surface area contributed by atoms with Crippen molar-refractivity contribution < 1.29 is 30.4 Å². The molecule has 0 heterocycles. The molecule has 1 aromatic rings. The Hall–Kier alpha value is -1.58. The van der Waals surface area contributed by atoms with E-state index in [4.69, 9.17) is 10.3 Å². The number of benzene rings is 1. The van der Waals surface area contributed by atoms with E-state index < -0.39 is 57.5 Å². The van der Waals surface area contributed by atoms with Crippen LogP contribution < -0.4 is 20.9 Å². The molecule has 0 aliphatic rings. The molecule has 1 rings (SSSR count). The largest absolute Gasteiger partial charge is 0.768 e. The van der Waals surface area contributed by atoms with Crippen molar-refractivity contribution in [3.63, 3.8) is 0 Å². The maximum absolute atomic E-state index is 11.8. The lowest BCUT2D eigenvalue weighted by Gasteiger charge is -2.18. The molecule has 14 heteroatoms. The van der Waals surface area contributed by atoms with E-state index in [1.54, 1.807) is 6.92 Å². The third-order valence-electron chi connectivity index (χ3n) is 2.62. The predicted octanol–water partition coefficient (Wildman–Crippen LogP) is -1.25. The minimum Gasteiger partial charge on any atom is -0.768 e. The summed E-state index contributed by atoms with van der Waals surface area (Å²) in [6.45, 7) is 2.04. The summed E-state index contributed by atoms with van der Waals surface area (Å²) in [7, 11) is -9.28. The van der Waals surface area contributed by atoms with E-state index in [1.165, 1.54) is 0 Å². The number of carbonyl (C=O) groups excluding carboxylic acids is 1. The monoisotopic (exact) mass is 399 g/mol. The molecule has 2 amide bonds. The van der Waals surface area contributed by atoms with Gasteiger partial charge >= 0.3 is 6.03 Å². The van der Waals surface area contributed by atoms with Crippen LogP contribution in [0.25, 0.3) is 0 Å². The predicted molar refractivity (Wildman–Crippen MR) is 83.7 cm³/mol. The number of rotatable bonds is 6. The number of amides is 2. The lowest BCUT2D eigenvalue weighted by Crippen LogP contribution is -2.31. The number of nitrogens with one attached hydrogen (secondary N) is 2. The van der Waals surface area contributed by atoms with E-state index in [0.29, 0.717) is 6.42 Å². The fourth-order valence-corrected chi connectivity index (χ4v) is 4.79. The third kappa shape index (κ3) is 4.96. The van der Waals surface area contributed by atoms with Gasteiger partial charge in [0.05, 0.1) is 15.5 Å². The first-order valence-electron chi connectivity index (χ1n) is 6.26. The fraction of sp³-hybridized carbons (Fsp3) is 0.300. The van der Waals surface area contributed by atoms with Crippen molar-refractivity contribution in [1.82, 2.24) is 5.32 Å². The summed E-state index contributed by atoms with van der Waals surface area (Å²) in [5.41, 5.74) is -0.502. The molecule has 0 spiro atoms. The molecule has 0 saturated carbocycles. The number of anilines is 1. The van der Waals surface area contributed by atoms with Crippen molar-refractivity contribution in [2.24, 2.45) is 10.3 Å². The lowest BCUT2D eigenvalue weighted by molar-refractivity contribution is 0.252. The summed E-state index contributed by atoms with van der Waals surface area (Å²) in [5, 5.41) is 14.3. The molecule has 0 radical (unpaired) electrons. The Balaban J connectivity index is 3.67. The van der Waals surface area contributed by atoms with Crippen LogP contribution in [0, 0.1) is 0 Å². The molecular formula is C10H15N4O7S3-. The number of urea groups is 1. The Morgan fingerprint density at radius 2 is 1.79 bits per heavy atom. The molecule has 0 aliphatic heterocycles. The van der Waals surface area contributed by atoms with Crippen LogP contribution in [0.15, 0.2) is 26.8 Å². The molecule has 24 heavy (non-hydrogen) atoms. The standard InChI is InChI=1S/C10H16N4O7S3/c1-2-5-13-10(15)14-6-3-4-7(23(11,18)19)8(22(16)17)9(6)24(12,20)21/h3-4H,2,5H2,1H3,(H,16,17)(H2,11,18,19)(H2,12,20,21)(H2,13,14,15)/p-1. The van der Waals surface area contributed by atoms with E-state index in [0.717, 1.165) is 12.1 Å². The second-order valence-corrected chi connectivity index (χ2v) is 8.38. The maximum atomic E-state index is 11.8. The second-order valence-electron chi connectivity index (χ2n) is 4.48. The molecule has 0 bridgehead atoms. The van der Waals surface area contributed by atoms with Gasteiger partial charge in [0.2, 0.25) is 20.0 Å². The number of nitrogens with two attached hydrogens (primary N) is 2. The van der Waals surface area contributed by atoms with E-state index in [2.05, 4.69) is 10.6 Å². The highest BCUT2D eigenvalue weighted by atomic mass is 32.2. The second kappa shape index (κ2) is 7.54. The van der Waals surface area contributed by atoms with Gasteiger partial charge in [-0.25, -0.2) is 31.9 Å². The van der Waals surface area contributed by atoms with Crippen LogP contribution in [0.2, 0.25) is 0 Å². The molecule has 1 unspecified atom stereocenters. The number of hydrogen-bond acceptors (Lipinski definition) is 7. The SMILES string of the molecule is CCCNC(=O)Nc1ccc(S(N)(=O)=O)c(S(=O)[O-])c1S(N)(=O)=O. The fourth-order valence-electron chi connectivity index (χ4n) is 1.71. The number of sulfonamides is 2.